The third-order valence-electron chi connectivity index (χ3n) is 7.10. The molecule has 2 aliphatic heterocycles. The largest absolute Gasteiger partial charge is 0.495 e. The van der Waals surface area contributed by atoms with Gasteiger partial charge in [-0.05, 0) is 49.9 Å². The van der Waals surface area contributed by atoms with Crippen molar-refractivity contribution in [2.75, 3.05) is 40.3 Å². The van der Waals surface area contributed by atoms with E-state index < -0.39 is 0 Å². The Kier molecular flexibility index (Phi) is 8.20. The molecule has 2 fully saturated rings. The number of carbonyl (C=O) groups is 2. The normalized spacial score (nSPS) is 21.3. The fourth-order valence-electron chi connectivity index (χ4n) is 5.44. The van der Waals surface area contributed by atoms with Crippen molar-refractivity contribution >= 4 is 17.5 Å². The highest BCUT2D eigenvalue weighted by Crippen LogP contribution is 2.39. The summed E-state index contributed by atoms with van der Waals surface area (Å²) in [6.45, 7) is 0.320. The zero-order chi connectivity index (χ0) is 25.7. The number of amides is 2. The summed E-state index contributed by atoms with van der Waals surface area (Å²) in [6.07, 6.45) is 4.75. The van der Waals surface area contributed by atoms with E-state index in [0.29, 0.717) is 40.8 Å². The average Bonchev–Trinajstić information content (AvgIpc) is 2.88. The SMILES string of the molecule is COc1ccccc1NC(=O)CN1[C@@H]2CCC[C@H]1CC(NC(=O)c1cc(OC)c(OC)c(OC)c1)C2. The van der Waals surface area contributed by atoms with Crippen LogP contribution in [-0.2, 0) is 4.79 Å². The second-order valence-electron chi connectivity index (χ2n) is 9.22. The van der Waals surface area contributed by atoms with Gasteiger partial charge >= 0.3 is 0 Å². The predicted molar refractivity (Wildman–Crippen MR) is 136 cm³/mol. The van der Waals surface area contributed by atoms with Crippen LogP contribution in [-0.4, -0.2) is 69.8 Å². The molecule has 36 heavy (non-hydrogen) atoms. The Balaban J connectivity index is 1.40. The number of carbonyl (C=O) groups excluding carboxylic acids is 2. The molecule has 194 valence electrons. The fourth-order valence-corrected chi connectivity index (χ4v) is 5.44. The van der Waals surface area contributed by atoms with Gasteiger partial charge in [-0.1, -0.05) is 18.6 Å². The summed E-state index contributed by atoms with van der Waals surface area (Å²) in [7, 11) is 6.18. The van der Waals surface area contributed by atoms with Gasteiger partial charge in [0.05, 0.1) is 40.7 Å². The first-order valence-corrected chi connectivity index (χ1v) is 12.3. The Hall–Kier alpha value is -3.46. The number of methoxy groups -OCH3 is 4. The van der Waals surface area contributed by atoms with Crippen molar-refractivity contribution in [2.24, 2.45) is 0 Å². The molecule has 2 aromatic carbocycles. The highest BCUT2D eigenvalue weighted by Gasteiger charge is 2.39. The molecule has 2 N–H and O–H groups in total. The third-order valence-corrected chi connectivity index (χ3v) is 7.10. The molecule has 2 heterocycles. The number of hydrogen-bond donors (Lipinski definition) is 2. The molecule has 0 radical (unpaired) electrons. The summed E-state index contributed by atoms with van der Waals surface area (Å²) in [5, 5.41) is 6.18. The van der Waals surface area contributed by atoms with Gasteiger partial charge in [0.25, 0.3) is 5.91 Å². The molecule has 2 aromatic rings. The minimum Gasteiger partial charge on any atom is -0.495 e. The maximum atomic E-state index is 13.1. The second kappa shape index (κ2) is 11.5. The Morgan fingerprint density at radius 1 is 0.889 bits per heavy atom. The predicted octanol–water partition coefficient (Wildman–Crippen LogP) is 3.48. The summed E-state index contributed by atoms with van der Waals surface area (Å²) in [5.74, 6) is 1.73. The van der Waals surface area contributed by atoms with Crippen LogP contribution in [0.2, 0.25) is 0 Å². The summed E-state index contributed by atoms with van der Waals surface area (Å²) in [4.78, 5) is 28.3. The molecule has 0 aliphatic carbocycles. The molecule has 2 aliphatic rings. The smallest absolute Gasteiger partial charge is 0.251 e. The van der Waals surface area contributed by atoms with Crippen molar-refractivity contribution in [3.8, 4) is 23.0 Å². The van der Waals surface area contributed by atoms with E-state index in [2.05, 4.69) is 15.5 Å². The summed E-state index contributed by atoms with van der Waals surface area (Å²) < 4.78 is 21.5. The first kappa shape index (κ1) is 25.6. The number of benzene rings is 2. The highest BCUT2D eigenvalue weighted by molar-refractivity contribution is 5.96. The number of piperidine rings is 2. The molecule has 0 aromatic heterocycles. The molecule has 0 saturated carbocycles. The van der Waals surface area contributed by atoms with Crippen molar-refractivity contribution in [1.29, 1.82) is 0 Å². The maximum absolute atomic E-state index is 13.1. The lowest BCUT2D eigenvalue weighted by molar-refractivity contribution is -0.120. The zero-order valence-electron chi connectivity index (χ0n) is 21.3. The number of nitrogens with zero attached hydrogens (tertiary/aromatic N) is 1. The highest BCUT2D eigenvalue weighted by atomic mass is 16.5. The van der Waals surface area contributed by atoms with Gasteiger partial charge in [-0.2, -0.15) is 0 Å². The van der Waals surface area contributed by atoms with Gasteiger partial charge in [-0.3, -0.25) is 14.5 Å². The zero-order valence-corrected chi connectivity index (χ0v) is 21.3. The van der Waals surface area contributed by atoms with Gasteiger partial charge in [-0.25, -0.2) is 0 Å². The molecule has 9 heteroatoms. The first-order chi connectivity index (χ1) is 17.5. The van der Waals surface area contributed by atoms with Gasteiger partial charge in [-0.15, -0.1) is 0 Å². The van der Waals surface area contributed by atoms with Crippen molar-refractivity contribution < 1.29 is 28.5 Å². The van der Waals surface area contributed by atoms with Crippen LogP contribution in [0.3, 0.4) is 0 Å². The number of fused-ring (bicyclic) bond motifs is 2. The molecular formula is C27H35N3O6. The maximum Gasteiger partial charge on any atom is 0.251 e. The molecule has 2 bridgehead atoms. The van der Waals surface area contributed by atoms with E-state index in [1.54, 1.807) is 19.2 Å². The molecule has 0 spiro atoms. The summed E-state index contributed by atoms with van der Waals surface area (Å²) in [5.41, 5.74) is 1.12. The van der Waals surface area contributed by atoms with Crippen molar-refractivity contribution in [2.45, 2.75) is 50.2 Å². The topological polar surface area (TPSA) is 98.4 Å². The molecule has 2 saturated heterocycles. The van der Waals surface area contributed by atoms with Gasteiger partial charge in [0.2, 0.25) is 11.7 Å². The van der Waals surface area contributed by atoms with E-state index in [9.17, 15) is 9.59 Å². The van der Waals surface area contributed by atoms with E-state index in [1.165, 1.54) is 21.3 Å². The first-order valence-electron chi connectivity index (χ1n) is 12.3. The van der Waals surface area contributed by atoms with Crippen LogP contribution in [0.25, 0.3) is 0 Å². The molecule has 1 unspecified atom stereocenters. The van der Waals surface area contributed by atoms with E-state index in [0.717, 1.165) is 32.1 Å². The lowest BCUT2D eigenvalue weighted by atomic mass is 9.81. The minimum atomic E-state index is -0.181. The Labute approximate surface area is 212 Å². The van der Waals surface area contributed by atoms with Crippen LogP contribution in [0.4, 0.5) is 5.69 Å². The minimum absolute atomic E-state index is 0.0282. The van der Waals surface area contributed by atoms with Crippen molar-refractivity contribution in [3.63, 3.8) is 0 Å². The number of ether oxygens (including phenoxy) is 4. The van der Waals surface area contributed by atoms with E-state index >= 15 is 0 Å². The molecule has 3 atom stereocenters. The summed E-state index contributed by atoms with van der Waals surface area (Å²) >= 11 is 0. The van der Waals surface area contributed by atoms with Crippen LogP contribution >= 0.6 is 0 Å². The van der Waals surface area contributed by atoms with Crippen LogP contribution in [0.15, 0.2) is 36.4 Å². The molecule has 2 amide bonds. The number of nitrogens with one attached hydrogen (secondary N) is 2. The average molecular weight is 498 g/mol. The molecule has 9 nitrogen and oxygen atoms in total. The van der Waals surface area contributed by atoms with Gasteiger partial charge < -0.3 is 29.6 Å². The number of anilines is 1. The standard InChI is InChI=1S/C27H35N3O6/c1-33-22-11-6-5-10-21(22)29-25(31)16-30-19-8-7-9-20(30)15-18(14-19)28-27(32)17-12-23(34-2)26(36-4)24(13-17)35-3/h5-6,10-13,18-20H,7-9,14-16H2,1-4H3,(H,28,32)(H,29,31)/t18?,19-,20+. The quantitative estimate of drug-likeness (QED) is 0.547. The number of rotatable bonds is 9. The molecule has 4 rings (SSSR count). The number of hydrogen-bond acceptors (Lipinski definition) is 7. The lowest BCUT2D eigenvalue weighted by Crippen LogP contribution is -2.58. The van der Waals surface area contributed by atoms with Gasteiger partial charge in [0, 0.05) is 23.7 Å². The van der Waals surface area contributed by atoms with E-state index in [4.69, 9.17) is 18.9 Å². The van der Waals surface area contributed by atoms with Crippen LogP contribution in [0, 0.1) is 0 Å². The van der Waals surface area contributed by atoms with Crippen molar-refractivity contribution in [1.82, 2.24) is 10.2 Å². The fraction of sp³-hybridized carbons (Fsp3) is 0.481. The Morgan fingerprint density at radius 3 is 2.08 bits per heavy atom. The van der Waals surface area contributed by atoms with Crippen LogP contribution in [0.1, 0.15) is 42.5 Å². The third kappa shape index (κ3) is 5.51. The molecular weight excluding hydrogens is 462 g/mol. The second-order valence-corrected chi connectivity index (χ2v) is 9.22. The monoisotopic (exact) mass is 497 g/mol. The van der Waals surface area contributed by atoms with Crippen LogP contribution < -0.4 is 29.6 Å². The van der Waals surface area contributed by atoms with Crippen molar-refractivity contribution in [3.05, 3.63) is 42.0 Å². The lowest BCUT2D eigenvalue weighted by Gasteiger charge is -2.48. The summed E-state index contributed by atoms with van der Waals surface area (Å²) in [6, 6.07) is 11.2. The Morgan fingerprint density at radius 2 is 1.50 bits per heavy atom. The van der Waals surface area contributed by atoms with E-state index in [-0.39, 0.29) is 29.9 Å². The van der Waals surface area contributed by atoms with Gasteiger partial charge in [0.1, 0.15) is 5.75 Å². The van der Waals surface area contributed by atoms with Crippen LogP contribution in [0.5, 0.6) is 23.0 Å². The van der Waals surface area contributed by atoms with E-state index in [1.807, 2.05) is 24.3 Å². The Bertz CT molecular complexity index is 1050. The number of para-hydroxylation sites is 2. The van der Waals surface area contributed by atoms with Gasteiger partial charge in [0.15, 0.2) is 11.5 Å².